The lowest BCUT2D eigenvalue weighted by atomic mass is 9.98. The molecule has 0 aliphatic carbocycles. The highest BCUT2D eigenvalue weighted by Gasteiger charge is 2.09. The second kappa shape index (κ2) is 6.39. The molecule has 0 amide bonds. The van der Waals surface area contributed by atoms with Gasteiger partial charge in [-0.15, -0.1) is 0 Å². The zero-order valence-electron chi connectivity index (χ0n) is 11.6. The lowest BCUT2D eigenvalue weighted by molar-refractivity contribution is 0.317. The van der Waals surface area contributed by atoms with Crippen molar-refractivity contribution >= 4 is 0 Å². The van der Waals surface area contributed by atoms with Crippen LogP contribution in [0.3, 0.4) is 0 Å². The summed E-state index contributed by atoms with van der Waals surface area (Å²) in [7, 11) is 0. The second-order valence-corrected chi connectivity index (χ2v) is 4.81. The normalized spacial score (nSPS) is 12.2. The number of rotatable bonds is 5. The van der Waals surface area contributed by atoms with Crippen molar-refractivity contribution in [2.45, 2.75) is 26.3 Å². The van der Waals surface area contributed by atoms with E-state index < -0.39 is 0 Å². The Balaban J connectivity index is 2.18. The third kappa shape index (κ3) is 3.58. The topological polar surface area (TPSA) is 35.2 Å². The molecule has 0 aromatic heterocycles. The molecule has 19 heavy (non-hydrogen) atoms. The van der Waals surface area contributed by atoms with E-state index in [4.69, 9.17) is 10.5 Å². The van der Waals surface area contributed by atoms with Crippen molar-refractivity contribution in [1.29, 1.82) is 0 Å². The molecule has 2 rings (SSSR count). The monoisotopic (exact) mass is 255 g/mol. The predicted octanol–water partition coefficient (Wildman–Crippen LogP) is 3.83. The quantitative estimate of drug-likeness (QED) is 0.881. The van der Waals surface area contributed by atoms with Gasteiger partial charge in [-0.1, -0.05) is 48.9 Å². The number of ether oxygens (including phenoxy) is 1. The van der Waals surface area contributed by atoms with Gasteiger partial charge >= 0.3 is 0 Å². The van der Waals surface area contributed by atoms with Crippen LogP contribution in [0.15, 0.2) is 48.5 Å². The van der Waals surface area contributed by atoms with E-state index in [1.807, 2.05) is 24.3 Å². The van der Waals surface area contributed by atoms with Crippen molar-refractivity contribution in [2.24, 2.45) is 5.73 Å². The predicted molar refractivity (Wildman–Crippen MR) is 79.4 cm³/mol. The SMILES string of the molecule is CCCOc1cccc(C(N)c2ccc(C)cc2)c1. The molecule has 1 atom stereocenters. The molecule has 2 N–H and O–H groups in total. The summed E-state index contributed by atoms with van der Waals surface area (Å²) in [5, 5.41) is 0. The Morgan fingerprint density at radius 3 is 2.47 bits per heavy atom. The van der Waals surface area contributed by atoms with Gasteiger partial charge in [0.2, 0.25) is 0 Å². The summed E-state index contributed by atoms with van der Waals surface area (Å²) in [6, 6.07) is 16.3. The molecule has 2 nitrogen and oxygen atoms in total. The average molecular weight is 255 g/mol. The molecule has 2 aromatic rings. The zero-order chi connectivity index (χ0) is 13.7. The van der Waals surface area contributed by atoms with Gasteiger partial charge in [0.1, 0.15) is 5.75 Å². The van der Waals surface area contributed by atoms with Gasteiger partial charge in [-0.2, -0.15) is 0 Å². The molecule has 0 saturated heterocycles. The van der Waals surface area contributed by atoms with Crippen molar-refractivity contribution in [3.8, 4) is 5.75 Å². The standard InChI is InChI=1S/C17H21NO/c1-3-11-19-16-6-4-5-15(12-16)17(18)14-9-7-13(2)8-10-14/h4-10,12,17H,3,11,18H2,1-2H3. The highest BCUT2D eigenvalue weighted by atomic mass is 16.5. The van der Waals surface area contributed by atoms with Crippen LogP contribution in [0.4, 0.5) is 0 Å². The van der Waals surface area contributed by atoms with Crippen LogP contribution in [0, 0.1) is 6.92 Å². The molecule has 100 valence electrons. The molecule has 0 heterocycles. The first kappa shape index (κ1) is 13.6. The van der Waals surface area contributed by atoms with Crippen LogP contribution in [-0.2, 0) is 0 Å². The molecule has 0 radical (unpaired) electrons. The van der Waals surface area contributed by atoms with Crippen LogP contribution in [0.1, 0.15) is 36.1 Å². The first-order valence-corrected chi connectivity index (χ1v) is 6.75. The van der Waals surface area contributed by atoms with E-state index in [9.17, 15) is 0 Å². The third-order valence-electron chi connectivity index (χ3n) is 3.13. The maximum Gasteiger partial charge on any atom is 0.119 e. The Bertz CT molecular complexity index is 519. The summed E-state index contributed by atoms with van der Waals surface area (Å²) in [6.07, 6.45) is 1.01. The van der Waals surface area contributed by atoms with Crippen molar-refractivity contribution in [3.05, 3.63) is 65.2 Å². The van der Waals surface area contributed by atoms with Crippen molar-refractivity contribution in [2.75, 3.05) is 6.61 Å². The minimum atomic E-state index is -0.106. The average Bonchev–Trinajstić information content (AvgIpc) is 2.45. The lowest BCUT2D eigenvalue weighted by Crippen LogP contribution is -2.11. The van der Waals surface area contributed by atoms with Gasteiger partial charge in [-0.25, -0.2) is 0 Å². The van der Waals surface area contributed by atoms with Crippen LogP contribution in [-0.4, -0.2) is 6.61 Å². The zero-order valence-corrected chi connectivity index (χ0v) is 11.6. The Hall–Kier alpha value is -1.80. The number of aryl methyl sites for hydroxylation is 1. The van der Waals surface area contributed by atoms with Gasteiger partial charge in [0.05, 0.1) is 12.6 Å². The summed E-state index contributed by atoms with van der Waals surface area (Å²) in [4.78, 5) is 0. The summed E-state index contributed by atoms with van der Waals surface area (Å²) < 4.78 is 5.65. The van der Waals surface area contributed by atoms with Gasteiger partial charge < -0.3 is 10.5 Å². The highest BCUT2D eigenvalue weighted by Crippen LogP contribution is 2.23. The number of nitrogens with two attached hydrogens (primary N) is 1. The van der Waals surface area contributed by atoms with Crippen molar-refractivity contribution in [3.63, 3.8) is 0 Å². The maximum absolute atomic E-state index is 6.31. The smallest absolute Gasteiger partial charge is 0.119 e. The van der Waals surface area contributed by atoms with Crippen LogP contribution in [0.5, 0.6) is 5.75 Å². The van der Waals surface area contributed by atoms with Gasteiger partial charge in [0, 0.05) is 0 Å². The van der Waals surface area contributed by atoms with E-state index in [0.717, 1.165) is 29.9 Å². The summed E-state index contributed by atoms with van der Waals surface area (Å²) in [5.41, 5.74) is 9.76. The molecule has 0 aliphatic rings. The second-order valence-electron chi connectivity index (χ2n) is 4.81. The van der Waals surface area contributed by atoms with Crippen LogP contribution in [0.25, 0.3) is 0 Å². The first-order valence-electron chi connectivity index (χ1n) is 6.75. The van der Waals surface area contributed by atoms with E-state index in [2.05, 4.69) is 38.1 Å². The molecule has 0 spiro atoms. The van der Waals surface area contributed by atoms with E-state index in [0.29, 0.717) is 0 Å². The summed E-state index contributed by atoms with van der Waals surface area (Å²) in [6.45, 7) is 4.92. The largest absolute Gasteiger partial charge is 0.494 e. The van der Waals surface area contributed by atoms with Crippen LogP contribution < -0.4 is 10.5 Å². The van der Waals surface area contributed by atoms with E-state index >= 15 is 0 Å². The first-order chi connectivity index (χ1) is 9.20. The number of hydrogen-bond acceptors (Lipinski definition) is 2. The van der Waals surface area contributed by atoms with E-state index in [1.54, 1.807) is 0 Å². The summed E-state index contributed by atoms with van der Waals surface area (Å²) in [5.74, 6) is 0.891. The Morgan fingerprint density at radius 2 is 1.79 bits per heavy atom. The van der Waals surface area contributed by atoms with Gasteiger partial charge in [0.25, 0.3) is 0 Å². The van der Waals surface area contributed by atoms with E-state index in [1.165, 1.54) is 5.56 Å². The molecule has 2 heteroatoms. The Labute approximate surface area is 115 Å². The molecule has 1 unspecified atom stereocenters. The minimum Gasteiger partial charge on any atom is -0.494 e. The van der Waals surface area contributed by atoms with Crippen LogP contribution >= 0.6 is 0 Å². The lowest BCUT2D eigenvalue weighted by Gasteiger charge is -2.14. The fourth-order valence-electron chi connectivity index (χ4n) is 1.98. The third-order valence-corrected chi connectivity index (χ3v) is 3.13. The fraction of sp³-hybridized carbons (Fsp3) is 0.294. The molecule has 2 aromatic carbocycles. The molecular weight excluding hydrogens is 234 g/mol. The van der Waals surface area contributed by atoms with Crippen LogP contribution in [0.2, 0.25) is 0 Å². The number of hydrogen-bond donors (Lipinski definition) is 1. The Morgan fingerprint density at radius 1 is 1.05 bits per heavy atom. The summed E-state index contributed by atoms with van der Waals surface area (Å²) >= 11 is 0. The highest BCUT2D eigenvalue weighted by molar-refractivity contribution is 5.37. The number of benzene rings is 2. The molecule has 0 fully saturated rings. The van der Waals surface area contributed by atoms with Crippen molar-refractivity contribution < 1.29 is 4.74 Å². The van der Waals surface area contributed by atoms with E-state index in [-0.39, 0.29) is 6.04 Å². The molecule has 0 saturated carbocycles. The molecule has 0 bridgehead atoms. The van der Waals surface area contributed by atoms with Gasteiger partial charge in [0.15, 0.2) is 0 Å². The molecule has 0 aliphatic heterocycles. The van der Waals surface area contributed by atoms with Crippen molar-refractivity contribution in [1.82, 2.24) is 0 Å². The molecular formula is C17H21NO. The van der Waals surface area contributed by atoms with Gasteiger partial charge in [-0.05, 0) is 36.6 Å². The van der Waals surface area contributed by atoms with Gasteiger partial charge in [-0.3, -0.25) is 0 Å². The fourth-order valence-corrected chi connectivity index (χ4v) is 1.98. The Kier molecular flexibility index (Phi) is 4.58. The minimum absolute atomic E-state index is 0.106. The maximum atomic E-state index is 6.31.